The minimum absolute atomic E-state index is 0.00820. The molecule has 96 valence electrons. The first-order valence-corrected chi connectivity index (χ1v) is 5.72. The van der Waals surface area contributed by atoms with Crippen LogP contribution < -0.4 is 4.74 Å². The average Bonchev–Trinajstić information content (AvgIpc) is 2.49. The smallest absolute Gasteiger partial charge is 0.215 e. The first-order valence-electron chi connectivity index (χ1n) is 5.72. The van der Waals surface area contributed by atoms with Crippen molar-refractivity contribution in [3.05, 3.63) is 65.7 Å². The van der Waals surface area contributed by atoms with E-state index < -0.39 is 0 Å². The molecule has 2 rings (SSSR count). The number of rotatable bonds is 4. The van der Waals surface area contributed by atoms with Gasteiger partial charge in [-0.2, -0.15) is 0 Å². The molecular weight excluding hydrogens is 242 g/mol. The largest absolute Gasteiger partial charge is 0.497 e. The fourth-order valence-electron chi connectivity index (χ4n) is 1.71. The summed E-state index contributed by atoms with van der Waals surface area (Å²) < 4.78 is 5.04. The SMILES string of the molecule is COc1ccc(C(=NO)C(=O)c2ccccc2)cc1. The van der Waals surface area contributed by atoms with E-state index in [1.54, 1.807) is 55.6 Å². The van der Waals surface area contributed by atoms with Gasteiger partial charge in [-0.3, -0.25) is 4.79 Å². The summed E-state index contributed by atoms with van der Waals surface area (Å²) in [5.74, 6) is 0.349. The Labute approximate surface area is 111 Å². The lowest BCUT2D eigenvalue weighted by molar-refractivity contribution is 0.106. The molecule has 0 aliphatic rings. The number of ketones is 1. The standard InChI is InChI=1S/C15H13NO3/c1-19-13-9-7-11(8-10-13)14(16-18)15(17)12-5-3-2-4-6-12/h2-10,18H,1H3. The van der Waals surface area contributed by atoms with Crippen LogP contribution in [0.5, 0.6) is 5.75 Å². The summed E-state index contributed by atoms with van der Waals surface area (Å²) in [6, 6.07) is 15.5. The van der Waals surface area contributed by atoms with Crippen LogP contribution in [0.1, 0.15) is 15.9 Å². The van der Waals surface area contributed by atoms with Crippen molar-refractivity contribution < 1.29 is 14.7 Å². The zero-order valence-corrected chi connectivity index (χ0v) is 10.4. The normalized spacial score (nSPS) is 11.1. The Hall–Kier alpha value is -2.62. The van der Waals surface area contributed by atoms with Gasteiger partial charge in [0, 0.05) is 11.1 Å². The van der Waals surface area contributed by atoms with Crippen molar-refractivity contribution in [2.24, 2.45) is 5.16 Å². The average molecular weight is 255 g/mol. The van der Waals surface area contributed by atoms with Crippen molar-refractivity contribution in [2.75, 3.05) is 7.11 Å². The number of hydrogen-bond acceptors (Lipinski definition) is 4. The van der Waals surface area contributed by atoms with Crippen LogP contribution >= 0.6 is 0 Å². The number of Topliss-reactive ketones (excluding diaryl/α,β-unsaturated/α-hetero) is 1. The van der Waals surface area contributed by atoms with Crippen LogP contribution in [0, 0.1) is 0 Å². The molecule has 0 atom stereocenters. The van der Waals surface area contributed by atoms with E-state index in [1.165, 1.54) is 0 Å². The van der Waals surface area contributed by atoms with Gasteiger partial charge in [-0.1, -0.05) is 35.5 Å². The molecule has 19 heavy (non-hydrogen) atoms. The van der Waals surface area contributed by atoms with E-state index in [-0.39, 0.29) is 11.5 Å². The number of ether oxygens (including phenoxy) is 1. The highest BCUT2D eigenvalue weighted by Gasteiger charge is 2.16. The van der Waals surface area contributed by atoms with Crippen LogP contribution in [0.3, 0.4) is 0 Å². The van der Waals surface area contributed by atoms with Gasteiger partial charge in [0.1, 0.15) is 5.75 Å². The van der Waals surface area contributed by atoms with Crippen LogP contribution in [-0.4, -0.2) is 23.8 Å². The molecule has 0 bridgehead atoms. The third-order valence-corrected chi connectivity index (χ3v) is 2.71. The third kappa shape index (κ3) is 2.80. The lowest BCUT2D eigenvalue weighted by Gasteiger charge is -2.05. The number of carbonyl (C=O) groups is 1. The van der Waals surface area contributed by atoms with E-state index in [0.717, 1.165) is 0 Å². The lowest BCUT2D eigenvalue weighted by Crippen LogP contribution is -2.15. The maximum atomic E-state index is 12.2. The fourth-order valence-corrected chi connectivity index (χ4v) is 1.71. The summed E-state index contributed by atoms with van der Waals surface area (Å²) in [5.41, 5.74) is 1.03. The van der Waals surface area contributed by atoms with E-state index in [0.29, 0.717) is 16.9 Å². The van der Waals surface area contributed by atoms with E-state index in [4.69, 9.17) is 9.94 Å². The van der Waals surface area contributed by atoms with Gasteiger partial charge in [-0.15, -0.1) is 0 Å². The third-order valence-electron chi connectivity index (χ3n) is 2.71. The molecule has 0 saturated heterocycles. The van der Waals surface area contributed by atoms with Crippen molar-refractivity contribution in [1.82, 2.24) is 0 Å². The Morgan fingerprint density at radius 2 is 1.63 bits per heavy atom. The molecule has 0 aromatic heterocycles. The molecular formula is C15H13NO3. The molecule has 1 N–H and O–H groups in total. The second-order valence-electron chi connectivity index (χ2n) is 3.87. The van der Waals surface area contributed by atoms with Gasteiger partial charge >= 0.3 is 0 Å². The Morgan fingerprint density at radius 1 is 1.00 bits per heavy atom. The maximum Gasteiger partial charge on any atom is 0.215 e. The second kappa shape index (κ2) is 5.82. The summed E-state index contributed by atoms with van der Waals surface area (Å²) >= 11 is 0. The molecule has 0 spiro atoms. The Balaban J connectivity index is 2.32. The summed E-state index contributed by atoms with van der Waals surface area (Å²) in [6.07, 6.45) is 0. The molecule has 4 heteroatoms. The van der Waals surface area contributed by atoms with Crippen LogP contribution in [-0.2, 0) is 0 Å². The van der Waals surface area contributed by atoms with Gasteiger partial charge in [0.15, 0.2) is 5.71 Å². The molecule has 2 aromatic rings. The second-order valence-corrected chi connectivity index (χ2v) is 3.87. The van der Waals surface area contributed by atoms with E-state index >= 15 is 0 Å². The molecule has 0 radical (unpaired) electrons. The molecule has 2 aromatic carbocycles. The predicted octanol–water partition coefficient (Wildman–Crippen LogP) is 2.76. The lowest BCUT2D eigenvalue weighted by atomic mass is 10.0. The zero-order valence-electron chi connectivity index (χ0n) is 10.4. The van der Waals surface area contributed by atoms with Crippen molar-refractivity contribution in [3.63, 3.8) is 0 Å². The Kier molecular flexibility index (Phi) is 3.93. The van der Waals surface area contributed by atoms with Crippen LogP contribution in [0.15, 0.2) is 59.8 Å². The topological polar surface area (TPSA) is 58.9 Å². The maximum absolute atomic E-state index is 12.2. The summed E-state index contributed by atoms with van der Waals surface area (Å²) in [6.45, 7) is 0. The highest BCUT2D eigenvalue weighted by Crippen LogP contribution is 2.14. The number of benzene rings is 2. The monoisotopic (exact) mass is 255 g/mol. The van der Waals surface area contributed by atoms with Gasteiger partial charge in [0.05, 0.1) is 7.11 Å². The first kappa shape index (κ1) is 12.8. The number of hydrogen-bond donors (Lipinski definition) is 1. The molecule has 0 fully saturated rings. The highest BCUT2D eigenvalue weighted by atomic mass is 16.5. The van der Waals surface area contributed by atoms with E-state index in [9.17, 15) is 4.79 Å². The van der Waals surface area contributed by atoms with Gasteiger partial charge in [0.2, 0.25) is 5.78 Å². The Morgan fingerprint density at radius 3 is 2.16 bits per heavy atom. The van der Waals surface area contributed by atoms with Crippen molar-refractivity contribution in [3.8, 4) is 5.75 Å². The summed E-state index contributed by atoms with van der Waals surface area (Å²) in [4.78, 5) is 12.2. The molecule has 0 heterocycles. The van der Waals surface area contributed by atoms with E-state index in [2.05, 4.69) is 5.16 Å². The molecule has 0 unspecified atom stereocenters. The summed E-state index contributed by atoms with van der Waals surface area (Å²) in [5, 5.41) is 12.2. The van der Waals surface area contributed by atoms with Crippen molar-refractivity contribution in [2.45, 2.75) is 0 Å². The molecule has 4 nitrogen and oxygen atoms in total. The highest BCUT2D eigenvalue weighted by molar-refractivity contribution is 6.51. The molecule has 0 aliphatic heterocycles. The number of carbonyl (C=O) groups excluding carboxylic acids is 1. The van der Waals surface area contributed by atoms with Crippen molar-refractivity contribution >= 4 is 11.5 Å². The zero-order chi connectivity index (χ0) is 13.7. The van der Waals surface area contributed by atoms with Crippen LogP contribution in [0.2, 0.25) is 0 Å². The van der Waals surface area contributed by atoms with Crippen LogP contribution in [0.25, 0.3) is 0 Å². The predicted molar refractivity (Wildman–Crippen MR) is 72.1 cm³/mol. The number of methoxy groups -OCH3 is 1. The van der Waals surface area contributed by atoms with E-state index in [1.807, 2.05) is 6.07 Å². The minimum atomic E-state index is -0.326. The van der Waals surface area contributed by atoms with Gasteiger partial charge < -0.3 is 9.94 Å². The molecule has 0 saturated carbocycles. The van der Waals surface area contributed by atoms with Crippen molar-refractivity contribution in [1.29, 1.82) is 0 Å². The summed E-state index contributed by atoms with van der Waals surface area (Å²) in [7, 11) is 1.56. The fraction of sp³-hybridized carbons (Fsp3) is 0.0667. The van der Waals surface area contributed by atoms with Crippen LogP contribution in [0.4, 0.5) is 0 Å². The number of oxime groups is 1. The Bertz CT molecular complexity index is 589. The quantitative estimate of drug-likeness (QED) is 0.395. The molecule has 0 amide bonds. The van der Waals surface area contributed by atoms with Gasteiger partial charge in [-0.25, -0.2) is 0 Å². The first-order chi connectivity index (χ1) is 9.26. The number of nitrogens with zero attached hydrogens (tertiary/aromatic N) is 1. The van der Waals surface area contributed by atoms with Gasteiger partial charge in [0.25, 0.3) is 0 Å². The minimum Gasteiger partial charge on any atom is -0.497 e. The molecule has 0 aliphatic carbocycles. The van der Waals surface area contributed by atoms with Gasteiger partial charge in [-0.05, 0) is 24.3 Å².